The Morgan fingerprint density at radius 2 is 1.50 bits per heavy atom. The molecule has 5 nitrogen and oxygen atoms in total. The number of fused-ring (bicyclic) bond motifs is 1. The van der Waals surface area contributed by atoms with Crippen molar-refractivity contribution in [1.29, 1.82) is 0 Å². The average molecular weight is 419 g/mol. The monoisotopic (exact) mass is 418 g/mol. The van der Waals surface area contributed by atoms with Crippen LogP contribution in [0.5, 0.6) is 0 Å². The molecule has 5 rings (SSSR count). The van der Waals surface area contributed by atoms with Crippen molar-refractivity contribution in [2.75, 3.05) is 9.96 Å². The van der Waals surface area contributed by atoms with E-state index in [1.54, 1.807) is 30.2 Å². The first-order chi connectivity index (χ1) is 14.6. The maximum absolute atomic E-state index is 13.6. The third-order valence-corrected chi connectivity index (χ3v) is 6.16. The fourth-order valence-electron chi connectivity index (χ4n) is 4.28. The Labute approximate surface area is 179 Å². The number of hydroxylamine groups is 1. The van der Waals surface area contributed by atoms with Gasteiger partial charge in [0.05, 0.1) is 17.4 Å². The number of amides is 2. The van der Waals surface area contributed by atoms with E-state index in [9.17, 15) is 9.59 Å². The summed E-state index contributed by atoms with van der Waals surface area (Å²) in [5.41, 5.74) is 2.91. The van der Waals surface area contributed by atoms with Gasteiger partial charge in [-0.25, -0.2) is 9.96 Å². The Balaban J connectivity index is 1.60. The van der Waals surface area contributed by atoms with E-state index in [1.165, 1.54) is 4.90 Å². The molecule has 0 aromatic heterocycles. The van der Waals surface area contributed by atoms with Crippen LogP contribution in [0.15, 0.2) is 78.9 Å². The minimum atomic E-state index is -0.888. The summed E-state index contributed by atoms with van der Waals surface area (Å²) in [6, 6.07) is 24.0. The molecule has 0 radical (unpaired) electrons. The summed E-state index contributed by atoms with van der Waals surface area (Å²) < 4.78 is 0. The molecule has 0 bridgehead atoms. The van der Waals surface area contributed by atoms with Crippen molar-refractivity contribution in [1.82, 2.24) is 0 Å². The van der Waals surface area contributed by atoms with Gasteiger partial charge in [-0.3, -0.25) is 14.4 Å². The summed E-state index contributed by atoms with van der Waals surface area (Å²) >= 11 is 6.25. The lowest BCUT2D eigenvalue weighted by molar-refractivity contribution is -0.126. The molecule has 0 aliphatic carbocycles. The van der Waals surface area contributed by atoms with Crippen LogP contribution in [0.4, 0.5) is 11.4 Å². The fourth-order valence-corrected chi connectivity index (χ4v) is 4.45. The Bertz CT molecular complexity index is 1120. The van der Waals surface area contributed by atoms with Crippen LogP contribution in [-0.4, -0.2) is 17.9 Å². The largest absolute Gasteiger partial charge is 0.273 e. The van der Waals surface area contributed by atoms with Crippen LogP contribution in [0, 0.1) is 12.8 Å². The summed E-state index contributed by atoms with van der Waals surface area (Å²) in [5.74, 6) is -1.30. The topological polar surface area (TPSA) is 49.9 Å². The van der Waals surface area contributed by atoms with Gasteiger partial charge < -0.3 is 0 Å². The Morgan fingerprint density at radius 3 is 2.20 bits per heavy atom. The Hall–Kier alpha value is -3.15. The van der Waals surface area contributed by atoms with Crippen LogP contribution >= 0.6 is 11.6 Å². The molecule has 3 atom stereocenters. The normalized spacial score (nSPS) is 23.2. The minimum absolute atomic E-state index is 0.275. The van der Waals surface area contributed by atoms with Crippen molar-refractivity contribution in [2.24, 2.45) is 5.92 Å². The van der Waals surface area contributed by atoms with E-state index in [1.807, 2.05) is 60.7 Å². The van der Waals surface area contributed by atoms with E-state index in [-0.39, 0.29) is 11.8 Å². The number of benzene rings is 3. The first-order valence-corrected chi connectivity index (χ1v) is 10.1. The lowest BCUT2D eigenvalue weighted by Gasteiger charge is -2.29. The summed E-state index contributed by atoms with van der Waals surface area (Å²) in [5, 5.41) is 2.21. The van der Waals surface area contributed by atoms with Crippen LogP contribution < -0.4 is 9.96 Å². The van der Waals surface area contributed by atoms with E-state index >= 15 is 0 Å². The van der Waals surface area contributed by atoms with Crippen molar-refractivity contribution in [2.45, 2.75) is 19.1 Å². The quantitative estimate of drug-likeness (QED) is 0.578. The molecule has 2 heterocycles. The molecular weight excluding hydrogens is 400 g/mol. The number of carbonyl (C=O) groups excluding carboxylic acids is 2. The molecular formula is C24H19ClN2O3. The zero-order valence-electron chi connectivity index (χ0n) is 16.2. The second kappa shape index (κ2) is 7.27. The standard InChI is InChI=1S/C24H19ClN2O3/c1-15-18(25)13-8-14-19(15)26-23(28)20-21(16-9-4-2-5-10-16)27(30-22(20)24(26)29)17-11-6-3-7-12-17/h2-14,20-22H,1H3/t20-,21-,22+/m0/s1. The molecule has 6 heteroatoms. The molecule has 0 N–H and O–H groups in total. The van der Waals surface area contributed by atoms with Crippen molar-refractivity contribution in [3.05, 3.63) is 95.0 Å². The number of hydrogen-bond acceptors (Lipinski definition) is 4. The summed E-state index contributed by atoms with van der Waals surface area (Å²) in [4.78, 5) is 34.3. The van der Waals surface area contributed by atoms with Crippen LogP contribution in [0.25, 0.3) is 0 Å². The molecule has 0 saturated carbocycles. The number of hydrogen-bond donors (Lipinski definition) is 0. The summed E-state index contributed by atoms with van der Waals surface area (Å²) in [7, 11) is 0. The van der Waals surface area contributed by atoms with Crippen molar-refractivity contribution < 1.29 is 14.4 Å². The number of rotatable bonds is 3. The smallest absolute Gasteiger partial charge is 0.266 e. The first kappa shape index (κ1) is 18.9. The number of para-hydroxylation sites is 1. The van der Waals surface area contributed by atoms with E-state index in [0.29, 0.717) is 16.3 Å². The van der Waals surface area contributed by atoms with Gasteiger partial charge in [0.1, 0.15) is 5.92 Å². The summed E-state index contributed by atoms with van der Waals surface area (Å²) in [6.45, 7) is 1.80. The van der Waals surface area contributed by atoms with Gasteiger partial charge in [-0.05, 0) is 42.3 Å². The van der Waals surface area contributed by atoms with E-state index < -0.39 is 18.1 Å². The first-order valence-electron chi connectivity index (χ1n) is 9.77. The van der Waals surface area contributed by atoms with E-state index in [2.05, 4.69) is 0 Å². The molecule has 0 unspecified atom stereocenters. The molecule has 30 heavy (non-hydrogen) atoms. The maximum atomic E-state index is 13.6. The maximum Gasteiger partial charge on any atom is 0.266 e. The average Bonchev–Trinajstić information content (AvgIpc) is 3.28. The van der Waals surface area contributed by atoms with Gasteiger partial charge in [0.25, 0.3) is 5.91 Å². The highest BCUT2D eigenvalue weighted by Crippen LogP contribution is 2.48. The SMILES string of the molecule is Cc1c(Cl)cccc1N1C(=O)[C@@H]2[C@@H](ON(c3ccccc3)[C@H]2c2ccccc2)C1=O. The highest BCUT2D eigenvalue weighted by molar-refractivity contribution is 6.32. The van der Waals surface area contributed by atoms with Crippen molar-refractivity contribution in [3.8, 4) is 0 Å². The van der Waals surface area contributed by atoms with Gasteiger partial charge in [-0.2, -0.15) is 0 Å². The van der Waals surface area contributed by atoms with Crippen molar-refractivity contribution >= 4 is 34.8 Å². The molecule has 2 saturated heterocycles. The van der Waals surface area contributed by atoms with Crippen LogP contribution in [0.3, 0.4) is 0 Å². The molecule has 2 fully saturated rings. The van der Waals surface area contributed by atoms with Gasteiger partial charge >= 0.3 is 0 Å². The zero-order valence-corrected chi connectivity index (χ0v) is 17.0. The molecule has 2 aliphatic heterocycles. The van der Waals surface area contributed by atoms with Crippen molar-refractivity contribution in [3.63, 3.8) is 0 Å². The van der Waals surface area contributed by atoms with Gasteiger partial charge in [-0.15, -0.1) is 0 Å². The number of anilines is 2. The molecule has 3 aromatic rings. The van der Waals surface area contributed by atoms with Crippen LogP contribution in [-0.2, 0) is 14.4 Å². The fraction of sp³-hybridized carbons (Fsp3) is 0.167. The minimum Gasteiger partial charge on any atom is -0.273 e. The molecule has 0 spiro atoms. The van der Waals surface area contributed by atoms with E-state index in [4.69, 9.17) is 16.4 Å². The van der Waals surface area contributed by atoms with E-state index in [0.717, 1.165) is 11.3 Å². The lowest BCUT2D eigenvalue weighted by atomic mass is 9.90. The molecule has 2 amide bonds. The number of halogens is 1. The molecule has 3 aromatic carbocycles. The summed E-state index contributed by atoms with van der Waals surface area (Å²) in [6.07, 6.45) is -0.888. The Kier molecular flexibility index (Phi) is 4.57. The predicted octanol–water partition coefficient (Wildman–Crippen LogP) is 4.70. The molecule has 150 valence electrons. The van der Waals surface area contributed by atoms with Gasteiger partial charge in [-0.1, -0.05) is 66.2 Å². The van der Waals surface area contributed by atoms with Gasteiger partial charge in [0.15, 0.2) is 6.10 Å². The third-order valence-electron chi connectivity index (χ3n) is 5.75. The van der Waals surface area contributed by atoms with Crippen LogP contribution in [0.1, 0.15) is 17.2 Å². The zero-order chi connectivity index (χ0) is 20.8. The number of nitrogens with zero attached hydrogens (tertiary/aromatic N) is 2. The third kappa shape index (κ3) is 2.82. The molecule has 2 aliphatic rings. The Morgan fingerprint density at radius 1 is 0.833 bits per heavy atom. The highest BCUT2D eigenvalue weighted by Gasteiger charge is 2.60. The van der Waals surface area contributed by atoms with Gasteiger partial charge in [0, 0.05) is 5.02 Å². The van der Waals surface area contributed by atoms with Crippen LogP contribution in [0.2, 0.25) is 5.02 Å². The second-order valence-electron chi connectivity index (χ2n) is 7.46. The lowest BCUT2D eigenvalue weighted by Crippen LogP contribution is -2.37. The second-order valence-corrected chi connectivity index (χ2v) is 7.87. The highest BCUT2D eigenvalue weighted by atomic mass is 35.5. The number of carbonyl (C=O) groups is 2. The number of imide groups is 1. The predicted molar refractivity (Wildman–Crippen MR) is 115 cm³/mol. The van der Waals surface area contributed by atoms with Gasteiger partial charge in [0.2, 0.25) is 5.91 Å².